The molecule has 0 radical (unpaired) electrons. The third-order valence-corrected chi connectivity index (χ3v) is 3.77. The Bertz CT molecular complexity index is 351. The van der Waals surface area contributed by atoms with Crippen molar-refractivity contribution in [3.63, 3.8) is 0 Å². The van der Waals surface area contributed by atoms with Gasteiger partial charge in [0.2, 0.25) is 0 Å². The molecule has 1 N–H and O–H groups in total. The second-order valence-corrected chi connectivity index (χ2v) is 5.15. The number of hydrogen-bond acceptors (Lipinski definition) is 2. The van der Waals surface area contributed by atoms with Crippen LogP contribution in [-0.4, -0.2) is 36.8 Å². The fraction of sp³-hybridized carbons (Fsp3) is 0.600. The predicted octanol–water partition coefficient (Wildman–Crippen LogP) is 2.42. The molecule has 1 aromatic rings. The summed E-state index contributed by atoms with van der Waals surface area (Å²) in [6.45, 7) is 2.68. The van der Waals surface area contributed by atoms with Gasteiger partial charge in [-0.05, 0) is 62.9 Å². The van der Waals surface area contributed by atoms with Gasteiger partial charge in [-0.3, -0.25) is 0 Å². The molecule has 0 aliphatic carbocycles. The lowest BCUT2D eigenvalue weighted by atomic mass is 9.91. The highest BCUT2D eigenvalue weighted by Gasteiger charge is 2.16. The maximum atomic E-state index is 8.99. The van der Waals surface area contributed by atoms with Crippen molar-refractivity contribution in [1.82, 2.24) is 4.90 Å². The summed E-state index contributed by atoms with van der Waals surface area (Å²) in [7, 11) is 2.21. The van der Waals surface area contributed by atoms with Crippen molar-refractivity contribution < 1.29 is 5.11 Å². The summed E-state index contributed by atoms with van der Waals surface area (Å²) < 4.78 is 0. The molecule has 0 amide bonds. The van der Waals surface area contributed by atoms with E-state index < -0.39 is 0 Å². The van der Waals surface area contributed by atoms with Gasteiger partial charge in [-0.15, -0.1) is 0 Å². The van der Waals surface area contributed by atoms with Crippen molar-refractivity contribution in [2.75, 3.05) is 26.7 Å². The number of aliphatic hydroxyl groups excluding tert-OH is 1. The Morgan fingerprint density at radius 2 is 2.18 bits per heavy atom. The van der Waals surface area contributed by atoms with E-state index in [9.17, 15) is 0 Å². The molecular formula is C15H23NO. The number of rotatable bonds is 3. The zero-order valence-corrected chi connectivity index (χ0v) is 10.7. The summed E-state index contributed by atoms with van der Waals surface area (Å²) in [5, 5.41) is 8.99. The second kappa shape index (κ2) is 6.18. The Balaban J connectivity index is 2.07. The van der Waals surface area contributed by atoms with Gasteiger partial charge < -0.3 is 10.0 Å². The first kappa shape index (κ1) is 12.6. The molecule has 1 saturated heterocycles. The molecule has 17 heavy (non-hydrogen) atoms. The molecule has 1 heterocycles. The van der Waals surface area contributed by atoms with Gasteiger partial charge >= 0.3 is 0 Å². The van der Waals surface area contributed by atoms with Gasteiger partial charge in [-0.1, -0.05) is 24.3 Å². The molecule has 1 atom stereocenters. The lowest BCUT2D eigenvalue weighted by Gasteiger charge is -2.16. The van der Waals surface area contributed by atoms with Crippen LogP contribution in [0.4, 0.5) is 0 Å². The summed E-state index contributed by atoms with van der Waals surface area (Å²) in [6, 6.07) is 8.78. The van der Waals surface area contributed by atoms with Crippen molar-refractivity contribution >= 4 is 0 Å². The summed E-state index contributed by atoms with van der Waals surface area (Å²) in [5.41, 5.74) is 2.73. The van der Waals surface area contributed by atoms with E-state index in [0.29, 0.717) is 5.92 Å². The maximum absolute atomic E-state index is 8.99. The van der Waals surface area contributed by atoms with E-state index in [1.165, 1.54) is 43.5 Å². The first-order valence-electron chi connectivity index (χ1n) is 6.68. The van der Waals surface area contributed by atoms with Crippen LogP contribution in [0.5, 0.6) is 0 Å². The van der Waals surface area contributed by atoms with Gasteiger partial charge in [0, 0.05) is 6.61 Å². The Morgan fingerprint density at radius 1 is 1.29 bits per heavy atom. The molecule has 0 aromatic heterocycles. The highest BCUT2D eigenvalue weighted by molar-refractivity contribution is 5.26. The van der Waals surface area contributed by atoms with E-state index in [2.05, 4.69) is 36.2 Å². The Hall–Kier alpha value is -0.860. The van der Waals surface area contributed by atoms with Gasteiger partial charge in [0.15, 0.2) is 0 Å². The van der Waals surface area contributed by atoms with Crippen LogP contribution in [0, 0.1) is 0 Å². The Labute approximate surface area is 104 Å². The van der Waals surface area contributed by atoms with Crippen molar-refractivity contribution in [2.45, 2.75) is 31.6 Å². The average Bonchev–Trinajstić information content (AvgIpc) is 2.55. The van der Waals surface area contributed by atoms with Crippen LogP contribution in [0.15, 0.2) is 24.3 Å². The Kier molecular flexibility index (Phi) is 4.57. The van der Waals surface area contributed by atoms with Crippen LogP contribution in [0.2, 0.25) is 0 Å². The van der Waals surface area contributed by atoms with Gasteiger partial charge in [0.05, 0.1) is 0 Å². The number of nitrogens with zero attached hydrogens (tertiary/aromatic N) is 1. The smallest absolute Gasteiger partial charge is 0.0471 e. The molecule has 94 valence electrons. The Morgan fingerprint density at radius 3 is 3.00 bits per heavy atom. The third-order valence-electron chi connectivity index (χ3n) is 3.77. The monoisotopic (exact) mass is 233 g/mol. The van der Waals surface area contributed by atoms with Gasteiger partial charge in [-0.2, -0.15) is 0 Å². The highest BCUT2D eigenvalue weighted by atomic mass is 16.2. The molecule has 1 aromatic carbocycles. The van der Waals surface area contributed by atoms with Crippen LogP contribution < -0.4 is 0 Å². The summed E-state index contributed by atoms with van der Waals surface area (Å²) in [5.74, 6) is 0.707. The molecule has 0 spiro atoms. The first-order valence-corrected chi connectivity index (χ1v) is 6.68. The maximum Gasteiger partial charge on any atom is 0.0471 e. The fourth-order valence-electron chi connectivity index (χ4n) is 2.70. The zero-order valence-electron chi connectivity index (χ0n) is 10.7. The van der Waals surface area contributed by atoms with E-state index >= 15 is 0 Å². The predicted molar refractivity (Wildman–Crippen MR) is 71.3 cm³/mol. The van der Waals surface area contributed by atoms with Crippen molar-refractivity contribution in [1.29, 1.82) is 0 Å². The third kappa shape index (κ3) is 3.55. The molecule has 0 bridgehead atoms. The minimum atomic E-state index is 0.247. The molecule has 1 aliphatic rings. The summed E-state index contributed by atoms with van der Waals surface area (Å²) >= 11 is 0. The van der Waals surface area contributed by atoms with E-state index in [0.717, 1.165) is 6.42 Å². The first-order chi connectivity index (χ1) is 8.29. The number of benzene rings is 1. The minimum Gasteiger partial charge on any atom is -0.396 e. The molecule has 2 rings (SSSR count). The topological polar surface area (TPSA) is 23.5 Å². The van der Waals surface area contributed by atoms with Crippen molar-refractivity contribution in [3.8, 4) is 0 Å². The zero-order chi connectivity index (χ0) is 12.1. The SMILES string of the molecule is CN1CCCC(c2cccc(CCO)c2)CC1. The summed E-state index contributed by atoms with van der Waals surface area (Å²) in [4.78, 5) is 2.43. The largest absolute Gasteiger partial charge is 0.396 e. The van der Waals surface area contributed by atoms with Crippen LogP contribution in [0.3, 0.4) is 0 Å². The van der Waals surface area contributed by atoms with Crippen molar-refractivity contribution in [3.05, 3.63) is 35.4 Å². The molecule has 2 heteroatoms. The number of likely N-dealkylation sites (tertiary alicyclic amines) is 1. The standard InChI is InChI=1S/C15H23NO/c1-16-9-3-6-14(7-10-16)15-5-2-4-13(12-15)8-11-17/h2,4-5,12,14,17H,3,6-11H2,1H3. The molecule has 0 saturated carbocycles. The van der Waals surface area contributed by atoms with Gasteiger partial charge in [-0.25, -0.2) is 0 Å². The number of hydrogen-bond donors (Lipinski definition) is 1. The minimum absolute atomic E-state index is 0.247. The highest BCUT2D eigenvalue weighted by Crippen LogP contribution is 2.28. The number of aliphatic hydroxyl groups is 1. The van der Waals surface area contributed by atoms with Crippen molar-refractivity contribution in [2.24, 2.45) is 0 Å². The second-order valence-electron chi connectivity index (χ2n) is 5.15. The molecule has 1 fully saturated rings. The molecule has 1 unspecified atom stereocenters. The molecule has 1 aliphatic heterocycles. The van der Waals surface area contributed by atoms with E-state index in [1.807, 2.05) is 0 Å². The van der Waals surface area contributed by atoms with Crippen LogP contribution in [-0.2, 0) is 6.42 Å². The van der Waals surface area contributed by atoms with E-state index in [-0.39, 0.29) is 6.61 Å². The van der Waals surface area contributed by atoms with Gasteiger partial charge in [0.1, 0.15) is 0 Å². The van der Waals surface area contributed by atoms with Crippen LogP contribution in [0.1, 0.15) is 36.3 Å². The van der Waals surface area contributed by atoms with E-state index in [1.54, 1.807) is 0 Å². The van der Waals surface area contributed by atoms with E-state index in [4.69, 9.17) is 5.11 Å². The van der Waals surface area contributed by atoms with Crippen LogP contribution >= 0.6 is 0 Å². The lowest BCUT2D eigenvalue weighted by Crippen LogP contribution is -2.18. The normalized spacial score (nSPS) is 22.4. The quantitative estimate of drug-likeness (QED) is 0.866. The molecule has 2 nitrogen and oxygen atoms in total. The molecular weight excluding hydrogens is 210 g/mol. The average molecular weight is 233 g/mol. The van der Waals surface area contributed by atoms with Gasteiger partial charge in [0.25, 0.3) is 0 Å². The lowest BCUT2D eigenvalue weighted by molar-refractivity contribution is 0.299. The summed E-state index contributed by atoms with van der Waals surface area (Å²) in [6.07, 6.45) is 4.64. The fourth-order valence-corrected chi connectivity index (χ4v) is 2.70. The van der Waals surface area contributed by atoms with Crippen LogP contribution in [0.25, 0.3) is 0 Å².